The van der Waals surface area contributed by atoms with Gasteiger partial charge in [-0.25, -0.2) is 9.78 Å². The lowest BCUT2D eigenvalue weighted by atomic mass is 10.0. The minimum absolute atomic E-state index is 0.111. The molecule has 0 aliphatic carbocycles. The van der Waals surface area contributed by atoms with Crippen molar-refractivity contribution >= 4 is 76.0 Å². The lowest BCUT2D eigenvalue weighted by Crippen LogP contribution is -2.71. The van der Waals surface area contributed by atoms with Crippen LogP contribution in [0.15, 0.2) is 112 Å². The Morgan fingerprint density at radius 3 is 2.54 bits per heavy atom. The maximum atomic E-state index is 14.3. The number of benzene rings is 2. The van der Waals surface area contributed by atoms with Crippen LogP contribution < -0.4 is 10.6 Å². The van der Waals surface area contributed by atoms with Gasteiger partial charge < -0.3 is 20.2 Å². The molecule has 52 heavy (non-hydrogen) atoms. The van der Waals surface area contributed by atoms with E-state index < -0.39 is 35.3 Å². The van der Waals surface area contributed by atoms with E-state index in [0.717, 1.165) is 28.0 Å². The number of β-lactam (4-membered cyclic amide) rings is 1. The summed E-state index contributed by atoms with van der Waals surface area (Å²) in [5, 5.41) is 12.1. The summed E-state index contributed by atoms with van der Waals surface area (Å²) >= 11 is 3.96. The fraction of sp³-hybridized carbons (Fsp3) is 0.162. The molecule has 1 fully saturated rings. The molecule has 0 saturated carbocycles. The zero-order valence-electron chi connectivity index (χ0n) is 27.3. The number of esters is 1. The first-order chi connectivity index (χ1) is 25.5. The maximum Gasteiger partial charge on any atom is 0.356 e. The number of thioether (sulfide) groups is 2. The standard InChI is InChI=1S/C37H30N6O6S3/c1-2-17-48-42-29(28-22-52-37(40-28)39-23-44)33(45)41-30-34(46)43-31(27(21-51-35(30)43)20-50-18-15-24-10-9-16-38-19-24)36(47)49-32(25-11-5-3-6-12-25)26-13-7-4-8-14-26/h1,3-16,18-19,22-23,30,32,35H,17,20-21H2,(H,41,45)(H,39,40,44)/b18-15-,42-29?/t30?,35-/m1/s1. The molecule has 0 bridgehead atoms. The van der Waals surface area contributed by atoms with Gasteiger partial charge in [0.2, 0.25) is 6.41 Å². The van der Waals surface area contributed by atoms with Gasteiger partial charge in [0, 0.05) is 29.3 Å². The van der Waals surface area contributed by atoms with Gasteiger partial charge in [-0.3, -0.25) is 24.3 Å². The molecule has 2 aromatic heterocycles. The molecule has 3 amide bonds. The van der Waals surface area contributed by atoms with Gasteiger partial charge in [0.05, 0.1) is 0 Å². The number of rotatable bonds is 15. The number of terminal acetylenes is 1. The summed E-state index contributed by atoms with van der Waals surface area (Å²) in [6.45, 7) is -0.212. The first-order valence-corrected chi connectivity index (χ1v) is 18.7. The highest BCUT2D eigenvalue weighted by Gasteiger charge is 2.55. The zero-order valence-corrected chi connectivity index (χ0v) is 29.7. The highest BCUT2D eigenvalue weighted by molar-refractivity contribution is 8.02. The molecule has 2 aliphatic rings. The Bertz CT molecular complexity index is 2010. The van der Waals surface area contributed by atoms with Crippen LogP contribution >= 0.6 is 34.9 Å². The normalized spacial score (nSPS) is 16.9. The Morgan fingerprint density at radius 1 is 1.12 bits per heavy atom. The van der Waals surface area contributed by atoms with E-state index in [9.17, 15) is 19.2 Å². The molecule has 0 radical (unpaired) electrons. The van der Waals surface area contributed by atoms with Crippen molar-refractivity contribution < 1.29 is 28.8 Å². The number of carbonyl (C=O) groups excluding carboxylic acids is 4. The van der Waals surface area contributed by atoms with Gasteiger partial charge in [0.1, 0.15) is 22.8 Å². The quantitative estimate of drug-likeness (QED) is 0.0328. The van der Waals surface area contributed by atoms with Gasteiger partial charge in [-0.1, -0.05) is 77.8 Å². The summed E-state index contributed by atoms with van der Waals surface area (Å²) < 4.78 is 6.25. The van der Waals surface area contributed by atoms with Crippen molar-refractivity contribution in [3.05, 3.63) is 130 Å². The molecule has 2 aromatic carbocycles. The second-order valence-electron chi connectivity index (χ2n) is 11.0. The minimum atomic E-state index is -0.997. The molecule has 0 spiro atoms. The van der Waals surface area contributed by atoms with Crippen molar-refractivity contribution in [2.24, 2.45) is 5.16 Å². The van der Waals surface area contributed by atoms with Crippen molar-refractivity contribution in [3.63, 3.8) is 0 Å². The lowest BCUT2D eigenvalue weighted by molar-refractivity contribution is -0.154. The number of nitrogens with one attached hydrogen (secondary N) is 2. The van der Waals surface area contributed by atoms with Crippen LogP contribution in [0.2, 0.25) is 0 Å². The summed E-state index contributed by atoms with van der Waals surface area (Å²) in [5.41, 5.74) is 3.20. The van der Waals surface area contributed by atoms with Crippen LogP contribution in [0.4, 0.5) is 5.13 Å². The monoisotopic (exact) mass is 750 g/mol. The predicted octanol–water partition coefficient (Wildman–Crippen LogP) is 4.85. The number of fused-ring (bicyclic) bond motifs is 1. The molecule has 262 valence electrons. The van der Waals surface area contributed by atoms with E-state index in [0.29, 0.717) is 23.5 Å². The van der Waals surface area contributed by atoms with Crippen LogP contribution in [-0.4, -0.2) is 74.3 Å². The molecule has 2 N–H and O–H groups in total. The first kappa shape index (κ1) is 36.1. The average molecular weight is 751 g/mol. The van der Waals surface area contributed by atoms with E-state index in [1.807, 2.05) is 84.3 Å². The second-order valence-corrected chi connectivity index (χ2v) is 13.9. The maximum absolute atomic E-state index is 14.3. The Hall–Kier alpha value is -5.69. The number of anilines is 1. The number of amides is 3. The Labute approximate surface area is 311 Å². The zero-order chi connectivity index (χ0) is 36.3. The highest BCUT2D eigenvalue weighted by Crippen LogP contribution is 2.42. The Morgan fingerprint density at radius 2 is 1.87 bits per heavy atom. The summed E-state index contributed by atoms with van der Waals surface area (Å²) in [4.78, 5) is 67.5. The number of pyridine rings is 1. The third kappa shape index (κ3) is 8.43. The molecule has 12 nitrogen and oxygen atoms in total. The first-order valence-electron chi connectivity index (χ1n) is 15.7. The number of oxime groups is 1. The lowest BCUT2D eigenvalue weighted by Gasteiger charge is -2.49. The van der Waals surface area contributed by atoms with E-state index in [1.54, 1.807) is 12.4 Å². The van der Waals surface area contributed by atoms with Gasteiger partial charge in [0.25, 0.3) is 11.8 Å². The van der Waals surface area contributed by atoms with Crippen LogP contribution in [-0.2, 0) is 28.8 Å². The number of aromatic nitrogens is 2. The third-order valence-corrected chi connectivity index (χ3v) is 10.7. The smallest absolute Gasteiger partial charge is 0.356 e. The predicted molar refractivity (Wildman–Crippen MR) is 202 cm³/mol. The van der Waals surface area contributed by atoms with Crippen molar-refractivity contribution in [2.45, 2.75) is 17.5 Å². The van der Waals surface area contributed by atoms with Crippen molar-refractivity contribution in [1.29, 1.82) is 0 Å². The summed E-state index contributed by atoms with van der Waals surface area (Å²) in [6, 6.07) is 21.5. The van der Waals surface area contributed by atoms with Gasteiger partial charge in [-0.05, 0) is 39.8 Å². The molecule has 6 rings (SSSR count). The second kappa shape index (κ2) is 17.5. The number of ether oxygens (including phenoxy) is 1. The number of carbonyl (C=O) groups is 4. The molecule has 4 heterocycles. The van der Waals surface area contributed by atoms with Crippen LogP contribution in [0.1, 0.15) is 28.5 Å². The fourth-order valence-electron chi connectivity index (χ4n) is 5.33. The van der Waals surface area contributed by atoms with Gasteiger partial charge in [-0.15, -0.1) is 41.3 Å². The molecule has 2 aliphatic heterocycles. The molecular weight excluding hydrogens is 721 g/mol. The van der Waals surface area contributed by atoms with Crippen LogP contribution in [0.25, 0.3) is 6.08 Å². The number of hydrogen-bond acceptors (Lipinski definition) is 12. The summed E-state index contributed by atoms with van der Waals surface area (Å²) in [5.74, 6) is 1.18. The Kier molecular flexibility index (Phi) is 12.1. The number of thiazole rings is 1. The molecule has 4 aromatic rings. The van der Waals surface area contributed by atoms with Crippen molar-refractivity contribution in [1.82, 2.24) is 20.2 Å². The number of nitrogens with zero attached hydrogens (tertiary/aromatic N) is 4. The highest BCUT2D eigenvalue weighted by atomic mass is 32.2. The van der Waals surface area contributed by atoms with E-state index in [-0.39, 0.29) is 28.8 Å². The van der Waals surface area contributed by atoms with E-state index >= 15 is 0 Å². The summed E-state index contributed by atoms with van der Waals surface area (Å²) in [7, 11) is 0. The molecular formula is C37H30N6O6S3. The third-order valence-electron chi connectivity index (χ3n) is 7.70. The average Bonchev–Trinajstić information content (AvgIpc) is 3.65. The van der Waals surface area contributed by atoms with Crippen LogP contribution in [0, 0.1) is 12.3 Å². The van der Waals surface area contributed by atoms with Gasteiger partial charge >= 0.3 is 5.97 Å². The fourth-order valence-corrected chi connectivity index (χ4v) is 8.25. The molecule has 1 saturated heterocycles. The molecule has 2 atom stereocenters. The Balaban J connectivity index is 1.26. The minimum Gasteiger partial charge on any atom is -0.448 e. The topological polar surface area (TPSA) is 152 Å². The molecule has 15 heteroatoms. The van der Waals surface area contributed by atoms with Gasteiger partial charge in [0.15, 0.2) is 23.6 Å². The molecule has 1 unspecified atom stereocenters. The van der Waals surface area contributed by atoms with E-state index in [4.69, 9.17) is 16.0 Å². The van der Waals surface area contributed by atoms with Gasteiger partial charge in [-0.2, -0.15) is 0 Å². The largest absolute Gasteiger partial charge is 0.448 e. The van der Waals surface area contributed by atoms with Crippen molar-refractivity contribution in [3.8, 4) is 12.3 Å². The van der Waals surface area contributed by atoms with E-state index in [2.05, 4.69) is 31.7 Å². The van der Waals surface area contributed by atoms with Crippen LogP contribution in [0.3, 0.4) is 0 Å². The summed E-state index contributed by atoms with van der Waals surface area (Å²) in [6.07, 6.45) is 10.4. The van der Waals surface area contributed by atoms with Crippen LogP contribution in [0.5, 0.6) is 0 Å². The SMILES string of the molecule is C#CCON=C(C(=O)NC1C(=O)N2C(C(=O)OC(c3ccccc3)c3ccccc3)=C(CS/C=C\c3cccnc3)CS[C@H]12)c1csc(NC=O)n1. The number of hydrogen-bond donors (Lipinski definition) is 2. The van der Waals surface area contributed by atoms with E-state index in [1.165, 1.54) is 33.8 Å². The van der Waals surface area contributed by atoms with Crippen molar-refractivity contribution in [2.75, 3.05) is 23.4 Å².